The quantitative estimate of drug-likeness (QED) is 0.786. The van der Waals surface area contributed by atoms with E-state index in [0.29, 0.717) is 6.54 Å². The lowest BCUT2D eigenvalue weighted by atomic mass is 9.87. The van der Waals surface area contributed by atoms with E-state index >= 15 is 0 Å². The van der Waals surface area contributed by atoms with E-state index in [2.05, 4.69) is 15.6 Å². The highest BCUT2D eigenvalue weighted by Gasteiger charge is 2.32. The van der Waals surface area contributed by atoms with Crippen molar-refractivity contribution in [1.29, 1.82) is 0 Å². The Morgan fingerprint density at radius 2 is 2.11 bits per heavy atom. The summed E-state index contributed by atoms with van der Waals surface area (Å²) in [6.45, 7) is 7.50. The molecule has 0 spiro atoms. The van der Waals surface area contributed by atoms with Crippen molar-refractivity contribution in [2.24, 2.45) is 5.41 Å². The minimum Gasteiger partial charge on any atom is -0.480 e. The Balaban J connectivity index is 2.55. The zero-order chi connectivity index (χ0) is 14.6. The van der Waals surface area contributed by atoms with Crippen LogP contribution in [0.1, 0.15) is 31.3 Å². The molecular weight excluding hydrogens is 266 g/mol. The van der Waals surface area contributed by atoms with E-state index in [9.17, 15) is 9.59 Å². The molecule has 1 aromatic rings. The number of carbonyl (C=O) groups is 2. The number of aryl methyl sites for hydroxylation is 1. The van der Waals surface area contributed by atoms with Crippen LogP contribution in [0, 0.1) is 12.3 Å². The SMILES string of the molecule is Cc1ncsc1CNC(=O)N[C@@H](C(=O)O)C(C)(C)C. The number of nitrogens with one attached hydrogen (secondary N) is 2. The van der Waals surface area contributed by atoms with Gasteiger partial charge in [-0.2, -0.15) is 0 Å². The van der Waals surface area contributed by atoms with Gasteiger partial charge in [0, 0.05) is 4.88 Å². The average molecular weight is 285 g/mol. The number of urea groups is 1. The Labute approximate surface area is 116 Å². The first-order valence-corrected chi connectivity index (χ1v) is 6.76. The van der Waals surface area contributed by atoms with Gasteiger partial charge >= 0.3 is 12.0 Å². The van der Waals surface area contributed by atoms with Gasteiger partial charge in [0.05, 0.1) is 17.7 Å². The molecule has 0 saturated heterocycles. The molecule has 19 heavy (non-hydrogen) atoms. The molecule has 3 N–H and O–H groups in total. The van der Waals surface area contributed by atoms with E-state index in [0.717, 1.165) is 10.6 Å². The number of thiazole rings is 1. The zero-order valence-corrected chi connectivity index (χ0v) is 12.3. The Kier molecular flexibility index (Phi) is 4.88. The fourth-order valence-electron chi connectivity index (χ4n) is 1.49. The summed E-state index contributed by atoms with van der Waals surface area (Å²) in [5.41, 5.74) is 2.03. The van der Waals surface area contributed by atoms with Gasteiger partial charge in [-0.25, -0.2) is 14.6 Å². The van der Waals surface area contributed by atoms with Crippen LogP contribution in [0.5, 0.6) is 0 Å². The molecule has 0 fully saturated rings. The van der Waals surface area contributed by atoms with Crippen LogP contribution in [0.15, 0.2) is 5.51 Å². The molecule has 0 aromatic carbocycles. The van der Waals surface area contributed by atoms with Crippen LogP contribution in [0.2, 0.25) is 0 Å². The highest BCUT2D eigenvalue weighted by atomic mass is 32.1. The number of carboxylic acids is 1. The zero-order valence-electron chi connectivity index (χ0n) is 11.5. The third-order valence-corrected chi connectivity index (χ3v) is 3.58. The van der Waals surface area contributed by atoms with Gasteiger partial charge < -0.3 is 15.7 Å². The number of amides is 2. The second-order valence-corrected chi connectivity index (χ2v) is 6.26. The largest absolute Gasteiger partial charge is 0.480 e. The predicted octanol–water partition coefficient (Wildman–Crippen LogP) is 1.75. The lowest BCUT2D eigenvalue weighted by Gasteiger charge is -2.27. The van der Waals surface area contributed by atoms with Gasteiger partial charge in [-0.05, 0) is 12.3 Å². The predicted molar refractivity (Wildman–Crippen MR) is 73.1 cm³/mol. The van der Waals surface area contributed by atoms with Crippen molar-refractivity contribution in [3.05, 3.63) is 16.1 Å². The third kappa shape index (κ3) is 4.51. The number of nitrogens with zero attached hydrogens (tertiary/aromatic N) is 1. The van der Waals surface area contributed by atoms with Crippen LogP contribution in [0.4, 0.5) is 4.79 Å². The lowest BCUT2D eigenvalue weighted by Crippen LogP contribution is -2.52. The number of hydrogen-bond acceptors (Lipinski definition) is 4. The summed E-state index contributed by atoms with van der Waals surface area (Å²) in [5.74, 6) is -1.04. The fraction of sp³-hybridized carbons (Fsp3) is 0.583. The second-order valence-electron chi connectivity index (χ2n) is 5.33. The van der Waals surface area contributed by atoms with Gasteiger partial charge in [0.1, 0.15) is 6.04 Å². The summed E-state index contributed by atoms with van der Waals surface area (Å²) in [6, 6.07) is -1.43. The van der Waals surface area contributed by atoms with E-state index in [1.807, 2.05) is 6.92 Å². The Bertz CT molecular complexity index is 465. The number of carboxylic acid groups (broad SMARTS) is 1. The van der Waals surface area contributed by atoms with Crippen molar-refractivity contribution in [2.75, 3.05) is 0 Å². The topological polar surface area (TPSA) is 91.3 Å². The first-order valence-electron chi connectivity index (χ1n) is 5.88. The van der Waals surface area contributed by atoms with Crippen molar-refractivity contribution in [1.82, 2.24) is 15.6 Å². The molecule has 0 unspecified atom stereocenters. The smallest absolute Gasteiger partial charge is 0.326 e. The molecule has 106 valence electrons. The van der Waals surface area contributed by atoms with Gasteiger partial charge in [0.15, 0.2) is 0 Å². The minimum absolute atomic E-state index is 0.346. The maximum atomic E-state index is 11.7. The molecule has 7 heteroatoms. The minimum atomic E-state index is -1.04. The third-order valence-electron chi connectivity index (χ3n) is 2.64. The van der Waals surface area contributed by atoms with Gasteiger partial charge in [0.25, 0.3) is 0 Å². The molecule has 0 aliphatic carbocycles. The maximum Gasteiger partial charge on any atom is 0.326 e. The summed E-state index contributed by atoms with van der Waals surface area (Å²) < 4.78 is 0. The van der Waals surface area contributed by atoms with Crippen molar-refractivity contribution in [3.63, 3.8) is 0 Å². The van der Waals surface area contributed by atoms with E-state index in [1.54, 1.807) is 26.3 Å². The molecule has 1 atom stereocenters. The highest BCUT2D eigenvalue weighted by Crippen LogP contribution is 2.19. The lowest BCUT2D eigenvalue weighted by molar-refractivity contribution is -0.141. The number of hydrogen-bond donors (Lipinski definition) is 3. The molecule has 2 amide bonds. The maximum absolute atomic E-state index is 11.7. The first-order chi connectivity index (χ1) is 8.71. The van der Waals surface area contributed by atoms with Crippen LogP contribution in [-0.2, 0) is 11.3 Å². The summed E-state index contributed by atoms with van der Waals surface area (Å²) in [6.07, 6.45) is 0. The average Bonchev–Trinajstić information content (AvgIpc) is 2.67. The van der Waals surface area contributed by atoms with Crippen molar-refractivity contribution in [3.8, 4) is 0 Å². The first kappa shape index (κ1) is 15.4. The molecule has 6 nitrogen and oxygen atoms in total. The van der Waals surface area contributed by atoms with Crippen molar-refractivity contribution < 1.29 is 14.7 Å². The van der Waals surface area contributed by atoms with Crippen LogP contribution in [0.25, 0.3) is 0 Å². The summed E-state index contributed by atoms with van der Waals surface area (Å²) in [4.78, 5) is 27.9. The van der Waals surface area contributed by atoms with Crippen LogP contribution >= 0.6 is 11.3 Å². The van der Waals surface area contributed by atoms with E-state index in [4.69, 9.17) is 5.11 Å². The molecule has 0 saturated carbocycles. The highest BCUT2D eigenvalue weighted by molar-refractivity contribution is 7.09. The van der Waals surface area contributed by atoms with Crippen LogP contribution < -0.4 is 10.6 Å². The molecule has 1 aromatic heterocycles. The Hall–Kier alpha value is -1.63. The van der Waals surface area contributed by atoms with Crippen molar-refractivity contribution in [2.45, 2.75) is 40.3 Å². The Morgan fingerprint density at radius 3 is 2.53 bits per heavy atom. The number of rotatable bonds is 4. The van der Waals surface area contributed by atoms with Gasteiger partial charge in [-0.15, -0.1) is 11.3 Å². The summed E-state index contributed by atoms with van der Waals surface area (Å²) in [7, 11) is 0. The van der Waals surface area contributed by atoms with Gasteiger partial charge in [-0.1, -0.05) is 20.8 Å². The molecule has 0 aliphatic rings. The molecular formula is C12H19N3O3S. The standard InChI is InChI=1S/C12H19N3O3S/c1-7-8(19-6-14-7)5-13-11(18)15-9(10(16)17)12(2,3)4/h6,9H,5H2,1-4H3,(H,16,17)(H2,13,15,18)/t9-/m0/s1. The summed E-state index contributed by atoms with van der Waals surface area (Å²) >= 11 is 1.45. The van der Waals surface area contributed by atoms with Crippen molar-refractivity contribution >= 4 is 23.3 Å². The van der Waals surface area contributed by atoms with E-state index < -0.39 is 23.5 Å². The molecule has 1 heterocycles. The molecule has 1 rings (SSSR count). The monoisotopic (exact) mass is 285 g/mol. The Morgan fingerprint density at radius 1 is 1.47 bits per heavy atom. The second kappa shape index (κ2) is 6.01. The van der Waals surface area contributed by atoms with E-state index in [-0.39, 0.29) is 0 Å². The molecule has 0 aliphatic heterocycles. The molecule has 0 radical (unpaired) electrons. The van der Waals surface area contributed by atoms with Gasteiger partial charge in [0.2, 0.25) is 0 Å². The number of carbonyl (C=O) groups excluding carboxylic acids is 1. The number of aliphatic carboxylic acids is 1. The summed E-state index contributed by atoms with van der Waals surface area (Å²) in [5, 5.41) is 14.2. The fourth-order valence-corrected chi connectivity index (χ4v) is 2.20. The van der Waals surface area contributed by atoms with E-state index in [1.165, 1.54) is 11.3 Å². The van der Waals surface area contributed by atoms with Crippen LogP contribution in [0.3, 0.4) is 0 Å². The number of aromatic nitrogens is 1. The van der Waals surface area contributed by atoms with Crippen LogP contribution in [-0.4, -0.2) is 28.1 Å². The van der Waals surface area contributed by atoms with Gasteiger partial charge in [-0.3, -0.25) is 0 Å². The normalized spacial score (nSPS) is 12.8. The molecule has 0 bridgehead atoms.